The number of hydrogen-bond donors (Lipinski definition) is 1. The van der Waals surface area contributed by atoms with Crippen LogP contribution in [0.3, 0.4) is 0 Å². The van der Waals surface area contributed by atoms with Gasteiger partial charge in [-0.1, -0.05) is 65.8 Å². The Morgan fingerprint density at radius 3 is 2.33 bits per heavy atom. The van der Waals surface area contributed by atoms with Gasteiger partial charge in [-0.25, -0.2) is 0 Å². The van der Waals surface area contributed by atoms with Crippen LogP contribution in [-0.4, -0.2) is 22.4 Å². The van der Waals surface area contributed by atoms with Gasteiger partial charge in [0, 0.05) is 6.54 Å². The lowest BCUT2D eigenvalue weighted by atomic mass is 9.92. The van der Waals surface area contributed by atoms with Crippen LogP contribution in [0.15, 0.2) is 65.8 Å². The summed E-state index contributed by atoms with van der Waals surface area (Å²) in [5, 5.41) is 12.9. The Bertz CT molecular complexity index is 595. The minimum atomic E-state index is 0.0742. The zero-order valence-electron chi connectivity index (χ0n) is 12.0. The lowest BCUT2D eigenvalue weighted by Crippen LogP contribution is -2.38. The van der Waals surface area contributed by atoms with Crippen LogP contribution in [-0.2, 0) is 6.54 Å². The summed E-state index contributed by atoms with van der Waals surface area (Å²) >= 11 is 0. The first-order chi connectivity index (χ1) is 10.4. The topological polar surface area (TPSA) is 35.8 Å². The van der Waals surface area contributed by atoms with Gasteiger partial charge in [-0.15, -0.1) is 0 Å². The van der Waals surface area contributed by atoms with E-state index in [1.54, 1.807) is 0 Å². The number of nitrogens with zero attached hydrogens (tertiary/aromatic N) is 2. The van der Waals surface area contributed by atoms with Gasteiger partial charge < -0.3 is 5.21 Å². The molecule has 0 bridgehead atoms. The van der Waals surface area contributed by atoms with Crippen LogP contribution >= 0.6 is 0 Å². The number of piperidine rings is 1. The molecule has 3 rings (SSSR count). The third kappa shape index (κ3) is 3.14. The van der Waals surface area contributed by atoms with E-state index in [4.69, 9.17) is 0 Å². The Morgan fingerprint density at radius 2 is 1.67 bits per heavy atom. The van der Waals surface area contributed by atoms with E-state index in [9.17, 15) is 5.21 Å². The first-order valence-electron chi connectivity index (χ1n) is 7.42. The molecule has 0 aromatic heterocycles. The third-order valence-corrected chi connectivity index (χ3v) is 4.03. The quantitative estimate of drug-likeness (QED) is 0.684. The van der Waals surface area contributed by atoms with E-state index in [0.717, 1.165) is 31.6 Å². The van der Waals surface area contributed by atoms with Crippen LogP contribution in [0.4, 0.5) is 0 Å². The van der Waals surface area contributed by atoms with E-state index in [-0.39, 0.29) is 6.04 Å². The predicted molar refractivity (Wildman–Crippen MR) is 84.5 cm³/mol. The Balaban J connectivity index is 1.89. The Kier molecular flexibility index (Phi) is 4.31. The minimum absolute atomic E-state index is 0.0742. The molecule has 1 heterocycles. The Labute approximate surface area is 125 Å². The first-order valence-corrected chi connectivity index (χ1v) is 7.42. The molecule has 1 N–H and O–H groups in total. The molecule has 3 nitrogen and oxygen atoms in total. The third-order valence-electron chi connectivity index (χ3n) is 4.03. The van der Waals surface area contributed by atoms with Crippen LogP contribution in [0, 0.1) is 0 Å². The molecule has 0 unspecified atom stereocenters. The second-order valence-electron chi connectivity index (χ2n) is 5.46. The van der Waals surface area contributed by atoms with Gasteiger partial charge in [-0.05, 0) is 30.5 Å². The molecule has 0 saturated carbocycles. The van der Waals surface area contributed by atoms with Crippen molar-refractivity contribution < 1.29 is 5.21 Å². The molecule has 3 heteroatoms. The van der Waals surface area contributed by atoms with Gasteiger partial charge in [0.1, 0.15) is 0 Å². The molecule has 2 aromatic rings. The summed E-state index contributed by atoms with van der Waals surface area (Å²) in [5.74, 6) is 0. The van der Waals surface area contributed by atoms with Crippen molar-refractivity contribution in [3.8, 4) is 0 Å². The molecule has 1 saturated heterocycles. The van der Waals surface area contributed by atoms with E-state index in [0.29, 0.717) is 0 Å². The maximum absolute atomic E-state index is 9.37. The smallest absolute Gasteiger partial charge is 0.0787 e. The maximum Gasteiger partial charge on any atom is 0.0787 e. The van der Waals surface area contributed by atoms with Crippen molar-refractivity contribution in [3.05, 3.63) is 71.8 Å². The summed E-state index contributed by atoms with van der Waals surface area (Å²) in [6.45, 7) is 1.90. The second-order valence-corrected chi connectivity index (χ2v) is 5.46. The van der Waals surface area contributed by atoms with Crippen molar-refractivity contribution in [2.45, 2.75) is 25.4 Å². The van der Waals surface area contributed by atoms with E-state index in [1.165, 1.54) is 11.1 Å². The van der Waals surface area contributed by atoms with Crippen molar-refractivity contribution in [1.29, 1.82) is 0 Å². The van der Waals surface area contributed by atoms with E-state index >= 15 is 0 Å². The molecular weight excluding hydrogens is 260 g/mol. The fourth-order valence-corrected chi connectivity index (χ4v) is 3.07. The predicted octanol–water partition coefficient (Wildman–Crippen LogP) is 3.85. The molecule has 108 valence electrons. The summed E-state index contributed by atoms with van der Waals surface area (Å²) < 4.78 is 0. The van der Waals surface area contributed by atoms with Crippen LogP contribution in [0.2, 0.25) is 0 Å². The summed E-state index contributed by atoms with van der Waals surface area (Å²) in [4.78, 5) is 2.39. The standard InChI is InChI=1S/C18H20N2O/c21-19-17-12-7-13-20(14-15-8-3-1-4-9-15)18(17)16-10-5-2-6-11-16/h1-6,8-11,18,21H,7,12-14H2/b19-17+/t18-/m1/s1. The van der Waals surface area contributed by atoms with Crippen molar-refractivity contribution in [2.75, 3.05) is 6.54 Å². The number of benzene rings is 2. The Hall–Kier alpha value is -2.13. The molecule has 1 atom stereocenters. The molecule has 2 aromatic carbocycles. The lowest BCUT2D eigenvalue weighted by molar-refractivity contribution is 0.205. The first kappa shape index (κ1) is 13.8. The summed E-state index contributed by atoms with van der Waals surface area (Å²) in [7, 11) is 0. The highest BCUT2D eigenvalue weighted by Crippen LogP contribution is 2.30. The van der Waals surface area contributed by atoms with Crippen LogP contribution in [0.25, 0.3) is 0 Å². The average molecular weight is 280 g/mol. The van der Waals surface area contributed by atoms with E-state index < -0.39 is 0 Å². The molecule has 21 heavy (non-hydrogen) atoms. The van der Waals surface area contributed by atoms with Crippen LogP contribution in [0.5, 0.6) is 0 Å². The number of rotatable bonds is 3. The van der Waals surface area contributed by atoms with Gasteiger partial charge >= 0.3 is 0 Å². The lowest BCUT2D eigenvalue weighted by Gasteiger charge is -2.36. The molecule has 0 amide bonds. The van der Waals surface area contributed by atoms with Gasteiger partial charge in [-0.3, -0.25) is 4.90 Å². The van der Waals surface area contributed by atoms with Crippen LogP contribution in [0.1, 0.15) is 30.0 Å². The molecule has 1 aliphatic heterocycles. The fraction of sp³-hybridized carbons (Fsp3) is 0.278. The highest BCUT2D eigenvalue weighted by molar-refractivity contribution is 5.90. The highest BCUT2D eigenvalue weighted by Gasteiger charge is 2.29. The van der Waals surface area contributed by atoms with Crippen molar-refractivity contribution >= 4 is 5.71 Å². The molecule has 0 radical (unpaired) electrons. The molecule has 1 aliphatic rings. The minimum Gasteiger partial charge on any atom is -0.411 e. The highest BCUT2D eigenvalue weighted by atomic mass is 16.4. The van der Waals surface area contributed by atoms with Gasteiger partial charge in [0.05, 0.1) is 11.8 Å². The number of oxime groups is 1. The van der Waals surface area contributed by atoms with Crippen molar-refractivity contribution in [1.82, 2.24) is 4.90 Å². The molecule has 0 aliphatic carbocycles. The fourth-order valence-electron chi connectivity index (χ4n) is 3.07. The van der Waals surface area contributed by atoms with E-state index in [1.807, 2.05) is 24.3 Å². The van der Waals surface area contributed by atoms with Gasteiger partial charge in [-0.2, -0.15) is 0 Å². The van der Waals surface area contributed by atoms with Crippen molar-refractivity contribution in [2.24, 2.45) is 5.16 Å². The number of likely N-dealkylation sites (tertiary alicyclic amines) is 1. The normalized spacial score (nSPS) is 21.5. The molecule has 0 spiro atoms. The summed E-state index contributed by atoms with van der Waals surface area (Å²) in [6.07, 6.45) is 1.90. The van der Waals surface area contributed by atoms with Gasteiger partial charge in [0.2, 0.25) is 0 Å². The summed E-state index contributed by atoms with van der Waals surface area (Å²) in [5.41, 5.74) is 3.35. The monoisotopic (exact) mass is 280 g/mol. The molecule has 1 fully saturated rings. The zero-order chi connectivity index (χ0) is 14.5. The molecular formula is C18H20N2O. The van der Waals surface area contributed by atoms with Gasteiger partial charge in [0.15, 0.2) is 0 Å². The van der Waals surface area contributed by atoms with Crippen LogP contribution < -0.4 is 0 Å². The summed E-state index contributed by atoms with van der Waals surface area (Å²) in [6, 6.07) is 20.9. The van der Waals surface area contributed by atoms with Gasteiger partial charge in [0.25, 0.3) is 0 Å². The average Bonchev–Trinajstić information content (AvgIpc) is 2.56. The largest absolute Gasteiger partial charge is 0.411 e. The van der Waals surface area contributed by atoms with E-state index in [2.05, 4.69) is 46.5 Å². The second kappa shape index (κ2) is 6.55. The zero-order valence-corrected chi connectivity index (χ0v) is 12.0. The van der Waals surface area contributed by atoms with Crippen molar-refractivity contribution in [3.63, 3.8) is 0 Å². The number of hydrogen-bond acceptors (Lipinski definition) is 3. The Morgan fingerprint density at radius 1 is 1.00 bits per heavy atom. The SMILES string of the molecule is O/N=C1\CCCN(Cc2ccccc2)[C@@H]1c1ccccc1. The maximum atomic E-state index is 9.37.